The summed E-state index contributed by atoms with van der Waals surface area (Å²) in [7, 11) is 2.02. The molecule has 5 rings (SSSR count). The second-order valence-corrected chi connectivity index (χ2v) is 6.91. The Morgan fingerprint density at radius 1 is 1.17 bits per heavy atom. The van der Waals surface area contributed by atoms with E-state index >= 15 is 0 Å². The minimum absolute atomic E-state index is 0.201. The molecule has 4 saturated carbocycles. The summed E-state index contributed by atoms with van der Waals surface area (Å²) in [5.74, 6) is 4.57. The molecule has 18 heavy (non-hydrogen) atoms. The van der Waals surface area contributed by atoms with Gasteiger partial charge >= 0.3 is 0 Å². The Morgan fingerprint density at radius 2 is 1.78 bits per heavy atom. The molecule has 2 N–H and O–H groups in total. The molecule has 4 aliphatic rings. The van der Waals surface area contributed by atoms with Crippen LogP contribution in [0.4, 0.5) is 0 Å². The van der Waals surface area contributed by atoms with Gasteiger partial charge in [-0.1, -0.05) is 0 Å². The summed E-state index contributed by atoms with van der Waals surface area (Å²) in [4.78, 5) is 0. The van der Waals surface area contributed by atoms with Crippen LogP contribution in [0.3, 0.4) is 0 Å². The number of aryl methyl sites for hydroxylation is 1. The number of nitrogens with zero attached hydrogens (tertiary/aromatic N) is 2. The number of hydrogen-bond acceptors (Lipinski definition) is 2. The van der Waals surface area contributed by atoms with E-state index in [0.717, 1.165) is 23.7 Å². The van der Waals surface area contributed by atoms with Gasteiger partial charge in [-0.15, -0.1) is 0 Å². The lowest BCUT2D eigenvalue weighted by molar-refractivity contribution is -0.0480. The van der Waals surface area contributed by atoms with Crippen molar-refractivity contribution in [2.75, 3.05) is 0 Å². The number of hydrogen-bond donors (Lipinski definition) is 1. The average Bonchev–Trinajstić information content (AvgIpc) is 2.73. The first-order valence-electron chi connectivity index (χ1n) is 7.46. The number of rotatable bonds is 2. The van der Waals surface area contributed by atoms with E-state index in [1.165, 1.54) is 37.8 Å². The highest BCUT2D eigenvalue weighted by Crippen LogP contribution is 2.58. The highest BCUT2D eigenvalue weighted by molar-refractivity contribution is 5.12. The molecule has 1 aromatic heterocycles. The van der Waals surface area contributed by atoms with Gasteiger partial charge in [-0.05, 0) is 67.8 Å². The molecule has 1 aromatic rings. The van der Waals surface area contributed by atoms with Crippen molar-refractivity contribution in [3.63, 3.8) is 0 Å². The monoisotopic (exact) mass is 245 g/mol. The van der Waals surface area contributed by atoms with E-state index in [4.69, 9.17) is 5.73 Å². The van der Waals surface area contributed by atoms with Gasteiger partial charge in [0.2, 0.25) is 0 Å². The van der Waals surface area contributed by atoms with Crippen LogP contribution in [-0.2, 0) is 7.05 Å². The van der Waals surface area contributed by atoms with E-state index < -0.39 is 0 Å². The molecule has 0 aliphatic heterocycles. The van der Waals surface area contributed by atoms with Crippen molar-refractivity contribution in [3.8, 4) is 0 Å². The molecule has 4 bridgehead atoms. The summed E-state index contributed by atoms with van der Waals surface area (Å²) in [5, 5.41) is 4.29. The molecule has 0 radical (unpaired) electrons. The van der Waals surface area contributed by atoms with E-state index in [-0.39, 0.29) is 6.04 Å². The first-order valence-corrected chi connectivity index (χ1v) is 7.46. The van der Waals surface area contributed by atoms with Gasteiger partial charge in [0.1, 0.15) is 0 Å². The van der Waals surface area contributed by atoms with Crippen LogP contribution in [0.2, 0.25) is 0 Å². The molecule has 0 spiro atoms. The maximum Gasteiger partial charge on any atom is 0.0551 e. The lowest BCUT2D eigenvalue weighted by Gasteiger charge is -2.56. The lowest BCUT2D eigenvalue weighted by atomic mass is 9.50. The summed E-state index contributed by atoms with van der Waals surface area (Å²) in [6.45, 7) is 0. The highest BCUT2D eigenvalue weighted by Gasteiger charge is 2.50. The largest absolute Gasteiger partial charge is 0.322 e. The summed E-state index contributed by atoms with van der Waals surface area (Å²) >= 11 is 0. The van der Waals surface area contributed by atoms with Gasteiger partial charge in [0.25, 0.3) is 0 Å². The van der Waals surface area contributed by atoms with Gasteiger partial charge in [-0.3, -0.25) is 4.68 Å². The second-order valence-electron chi connectivity index (χ2n) is 6.91. The van der Waals surface area contributed by atoms with Crippen LogP contribution in [0, 0.1) is 29.6 Å². The van der Waals surface area contributed by atoms with Crippen LogP contribution < -0.4 is 5.73 Å². The predicted molar refractivity (Wildman–Crippen MR) is 70.7 cm³/mol. The lowest BCUT2D eigenvalue weighted by Crippen LogP contribution is -2.49. The quantitative estimate of drug-likeness (QED) is 0.870. The molecule has 3 nitrogen and oxygen atoms in total. The fourth-order valence-corrected chi connectivity index (χ4v) is 5.46. The van der Waals surface area contributed by atoms with Gasteiger partial charge in [0, 0.05) is 13.2 Å². The topological polar surface area (TPSA) is 43.8 Å². The number of aromatic nitrogens is 2. The first-order chi connectivity index (χ1) is 8.72. The molecule has 4 aliphatic carbocycles. The van der Waals surface area contributed by atoms with Crippen molar-refractivity contribution >= 4 is 0 Å². The SMILES string of the molecule is Cn1nccc1C(N)C1C2CC3CC(C2)CC1C3. The third-order valence-electron chi connectivity index (χ3n) is 5.91. The summed E-state index contributed by atoms with van der Waals surface area (Å²) in [6, 6.07) is 2.31. The number of nitrogens with two attached hydrogens (primary N) is 1. The maximum absolute atomic E-state index is 6.60. The van der Waals surface area contributed by atoms with Gasteiger partial charge in [-0.2, -0.15) is 5.10 Å². The molecule has 0 aromatic carbocycles. The summed E-state index contributed by atoms with van der Waals surface area (Å²) in [5.41, 5.74) is 7.83. The van der Waals surface area contributed by atoms with Gasteiger partial charge in [-0.25, -0.2) is 0 Å². The second kappa shape index (κ2) is 3.83. The van der Waals surface area contributed by atoms with E-state index in [2.05, 4.69) is 11.2 Å². The molecule has 3 heteroatoms. The molecule has 4 fully saturated rings. The molecule has 1 atom stereocenters. The smallest absolute Gasteiger partial charge is 0.0551 e. The normalized spacial score (nSPS) is 43.3. The Morgan fingerprint density at radius 3 is 2.28 bits per heavy atom. The van der Waals surface area contributed by atoms with Crippen LogP contribution in [0.1, 0.15) is 43.8 Å². The van der Waals surface area contributed by atoms with E-state index in [1.54, 1.807) is 0 Å². The minimum atomic E-state index is 0.201. The van der Waals surface area contributed by atoms with Crippen LogP contribution in [-0.4, -0.2) is 9.78 Å². The van der Waals surface area contributed by atoms with Crippen molar-refractivity contribution < 1.29 is 0 Å². The molecule has 98 valence electrons. The zero-order chi connectivity index (χ0) is 12.3. The van der Waals surface area contributed by atoms with Crippen LogP contribution in [0.25, 0.3) is 0 Å². The van der Waals surface area contributed by atoms with Crippen LogP contribution in [0.15, 0.2) is 12.3 Å². The third-order valence-corrected chi connectivity index (χ3v) is 5.91. The van der Waals surface area contributed by atoms with Crippen molar-refractivity contribution in [2.24, 2.45) is 42.4 Å². The highest BCUT2D eigenvalue weighted by atomic mass is 15.3. The zero-order valence-corrected chi connectivity index (χ0v) is 11.1. The van der Waals surface area contributed by atoms with E-state index in [1.807, 2.05) is 17.9 Å². The average molecular weight is 245 g/mol. The zero-order valence-electron chi connectivity index (χ0n) is 11.1. The fourth-order valence-electron chi connectivity index (χ4n) is 5.46. The molecular weight excluding hydrogens is 222 g/mol. The Hall–Kier alpha value is -0.830. The van der Waals surface area contributed by atoms with E-state index in [0.29, 0.717) is 5.92 Å². The minimum Gasteiger partial charge on any atom is -0.322 e. The van der Waals surface area contributed by atoms with Crippen LogP contribution in [0.5, 0.6) is 0 Å². The van der Waals surface area contributed by atoms with Gasteiger partial charge in [0.15, 0.2) is 0 Å². The Bertz CT molecular complexity index is 422. The fraction of sp³-hybridized carbons (Fsp3) is 0.800. The summed E-state index contributed by atoms with van der Waals surface area (Å²) in [6.07, 6.45) is 9.19. The van der Waals surface area contributed by atoms with Crippen molar-refractivity contribution in [1.29, 1.82) is 0 Å². The Labute approximate surface area is 109 Å². The molecule has 0 amide bonds. The summed E-state index contributed by atoms with van der Waals surface area (Å²) < 4.78 is 1.97. The third kappa shape index (κ3) is 1.49. The van der Waals surface area contributed by atoms with Crippen molar-refractivity contribution in [1.82, 2.24) is 9.78 Å². The molecule has 1 heterocycles. The predicted octanol–water partition coefficient (Wildman–Crippen LogP) is 2.49. The maximum atomic E-state index is 6.60. The molecule has 1 unspecified atom stereocenters. The Kier molecular flexibility index (Phi) is 2.35. The Balaban J connectivity index is 1.63. The van der Waals surface area contributed by atoms with E-state index in [9.17, 15) is 0 Å². The van der Waals surface area contributed by atoms with Crippen molar-refractivity contribution in [3.05, 3.63) is 18.0 Å². The first kappa shape index (κ1) is 11.0. The molecule has 0 saturated heterocycles. The van der Waals surface area contributed by atoms with Crippen LogP contribution >= 0.6 is 0 Å². The molecular formula is C15H23N3. The van der Waals surface area contributed by atoms with Crippen molar-refractivity contribution in [2.45, 2.75) is 38.1 Å². The van der Waals surface area contributed by atoms with Gasteiger partial charge in [0.05, 0.1) is 11.7 Å². The van der Waals surface area contributed by atoms with Gasteiger partial charge < -0.3 is 5.73 Å². The standard InChI is InChI=1S/C15H23N3/c1-18-13(2-3-17-18)15(16)14-11-5-9-4-10(7-11)8-12(14)6-9/h2-3,9-12,14-15H,4-8,16H2,1H3.